The van der Waals surface area contributed by atoms with Crippen LogP contribution in [0.3, 0.4) is 0 Å². The summed E-state index contributed by atoms with van der Waals surface area (Å²) < 4.78 is 1.51. The third-order valence-electron chi connectivity index (χ3n) is 1.73. The molecule has 2 aromatic heterocycles. The van der Waals surface area contributed by atoms with Gasteiger partial charge in [0.2, 0.25) is 0 Å². The van der Waals surface area contributed by atoms with Crippen molar-refractivity contribution in [3.8, 4) is 5.69 Å². The van der Waals surface area contributed by atoms with E-state index in [0.717, 1.165) is 0 Å². The zero-order valence-electron chi connectivity index (χ0n) is 7.09. The van der Waals surface area contributed by atoms with Crippen LogP contribution in [0.25, 0.3) is 5.69 Å². The molecule has 0 atom stereocenters. The predicted molar refractivity (Wildman–Crippen MR) is 51.8 cm³/mol. The first kappa shape index (κ1) is 8.90. The summed E-state index contributed by atoms with van der Waals surface area (Å²) in [5, 5.41) is 4.50. The first-order valence-corrected chi connectivity index (χ1v) is 4.30. The minimum atomic E-state index is 0.340. The molecule has 0 radical (unpaired) electrons. The van der Waals surface area contributed by atoms with Gasteiger partial charge in [0.05, 0.1) is 16.9 Å². The average Bonchev–Trinajstić information content (AvgIpc) is 2.65. The van der Waals surface area contributed by atoms with E-state index in [1.807, 2.05) is 0 Å². The summed E-state index contributed by atoms with van der Waals surface area (Å²) in [6.45, 7) is 0. The Hall–Kier alpha value is -1.68. The molecule has 0 unspecified atom stereocenters. The normalized spacial score (nSPS) is 10.1. The number of aldehydes is 1. The van der Waals surface area contributed by atoms with Gasteiger partial charge in [-0.15, -0.1) is 0 Å². The van der Waals surface area contributed by atoms with Crippen molar-refractivity contribution in [2.45, 2.75) is 0 Å². The molecule has 0 amide bonds. The lowest BCUT2D eigenvalue weighted by Crippen LogP contribution is -2.00. The van der Waals surface area contributed by atoms with Gasteiger partial charge >= 0.3 is 0 Å². The van der Waals surface area contributed by atoms with Crippen molar-refractivity contribution in [3.63, 3.8) is 0 Å². The van der Waals surface area contributed by atoms with Gasteiger partial charge in [0.1, 0.15) is 5.69 Å². The van der Waals surface area contributed by atoms with Crippen LogP contribution in [-0.4, -0.2) is 21.1 Å². The monoisotopic (exact) mass is 207 g/mol. The zero-order valence-corrected chi connectivity index (χ0v) is 7.85. The summed E-state index contributed by atoms with van der Waals surface area (Å²) in [6.07, 6.45) is 5.36. The van der Waals surface area contributed by atoms with Crippen LogP contribution in [0.2, 0.25) is 5.02 Å². The first-order valence-electron chi connectivity index (χ1n) is 3.92. The summed E-state index contributed by atoms with van der Waals surface area (Å²) in [5.74, 6) is 0. The second-order valence-electron chi connectivity index (χ2n) is 2.63. The van der Waals surface area contributed by atoms with E-state index in [1.54, 1.807) is 24.5 Å². The van der Waals surface area contributed by atoms with Crippen LogP contribution in [0.5, 0.6) is 0 Å². The van der Waals surface area contributed by atoms with Crippen LogP contribution in [-0.2, 0) is 0 Å². The van der Waals surface area contributed by atoms with Gasteiger partial charge in [-0.2, -0.15) is 5.10 Å². The quantitative estimate of drug-likeness (QED) is 0.705. The molecule has 0 N–H and O–H groups in total. The third kappa shape index (κ3) is 1.52. The van der Waals surface area contributed by atoms with Crippen molar-refractivity contribution in [2.75, 3.05) is 0 Å². The van der Waals surface area contributed by atoms with Crippen molar-refractivity contribution >= 4 is 17.9 Å². The summed E-state index contributed by atoms with van der Waals surface area (Å²) >= 11 is 5.71. The van der Waals surface area contributed by atoms with Crippen LogP contribution >= 0.6 is 11.6 Å². The molecule has 4 nitrogen and oxygen atoms in total. The Morgan fingerprint density at radius 1 is 1.50 bits per heavy atom. The maximum Gasteiger partial charge on any atom is 0.170 e. The topological polar surface area (TPSA) is 47.8 Å². The van der Waals surface area contributed by atoms with Crippen LogP contribution in [0.1, 0.15) is 10.5 Å². The van der Waals surface area contributed by atoms with E-state index in [-0.39, 0.29) is 0 Å². The van der Waals surface area contributed by atoms with Crippen molar-refractivity contribution in [3.05, 3.63) is 41.4 Å². The standard InChI is InChI=1S/C9H6ClN3O/c10-7-4-12-13(5-7)9-2-1-3-11-8(9)6-14/h1-6H. The zero-order chi connectivity index (χ0) is 9.97. The number of carbonyl (C=O) groups excluding carboxylic acids is 1. The minimum Gasteiger partial charge on any atom is -0.296 e. The number of hydrogen-bond donors (Lipinski definition) is 0. The van der Waals surface area contributed by atoms with Gasteiger partial charge in [-0.25, -0.2) is 4.68 Å². The predicted octanol–water partition coefficient (Wildman–Crippen LogP) is 1.73. The number of carbonyl (C=O) groups is 1. The van der Waals surface area contributed by atoms with E-state index < -0.39 is 0 Å². The summed E-state index contributed by atoms with van der Waals surface area (Å²) in [4.78, 5) is 14.6. The van der Waals surface area contributed by atoms with Gasteiger partial charge in [0.15, 0.2) is 6.29 Å². The van der Waals surface area contributed by atoms with Gasteiger partial charge in [-0.05, 0) is 12.1 Å². The van der Waals surface area contributed by atoms with Gasteiger partial charge in [0.25, 0.3) is 0 Å². The van der Waals surface area contributed by atoms with Crippen LogP contribution in [0, 0.1) is 0 Å². The van der Waals surface area contributed by atoms with Gasteiger partial charge in [0, 0.05) is 12.4 Å². The number of aromatic nitrogens is 3. The van der Waals surface area contributed by atoms with Crippen molar-refractivity contribution in [1.82, 2.24) is 14.8 Å². The SMILES string of the molecule is O=Cc1ncccc1-n1cc(Cl)cn1. The lowest BCUT2D eigenvalue weighted by Gasteiger charge is -2.01. The fourth-order valence-corrected chi connectivity index (χ4v) is 1.26. The Bertz CT molecular complexity index is 467. The fourth-order valence-electron chi connectivity index (χ4n) is 1.13. The molecule has 2 rings (SSSR count). The Morgan fingerprint density at radius 3 is 3.00 bits per heavy atom. The largest absolute Gasteiger partial charge is 0.296 e. The Labute approximate surface area is 85.1 Å². The average molecular weight is 208 g/mol. The molecule has 14 heavy (non-hydrogen) atoms. The molecule has 2 heterocycles. The second kappa shape index (κ2) is 3.59. The molecule has 0 saturated carbocycles. The van der Waals surface area contributed by atoms with E-state index in [0.29, 0.717) is 22.7 Å². The van der Waals surface area contributed by atoms with Gasteiger partial charge in [-0.1, -0.05) is 11.6 Å². The van der Waals surface area contributed by atoms with E-state index in [1.165, 1.54) is 10.9 Å². The lowest BCUT2D eigenvalue weighted by atomic mass is 10.3. The van der Waals surface area contributed by atoms with Crippen LogP contribution < -0.4 is 0 Å². The first-order chi connectivity index (χ1) is 6.81. The molecule has 0 aliphatic rings. The van der Waals surface area contributed by atoms with Gasteiger partial charge < -0.3 is 0 Å². The van der Waals surface area contributed by atoms with Crippen molar-refractivity contribution in [2.24, 2.45) is 0 Å². The van der Waals surface area contributed by atoms with E-state index in [4.69, 9.17) is 11.6 Å². The number of pyridine rings is 1. The number of nitrogens with zero attached hydrogens (tertiary/aromatic N) is 3. The molecule has 70 valence electrons. The third-order valence-corrected chi connectivity index (χ3v) is 1.92. The minimum absolute atomic E-state index is 0.340. The highest BCUT2D eigenvalue weighted by Crippen LogP contribution is 2.12. The molecular weight excluding hydrogens is 202 g/mol. The Morgan fingerprint density at radius 2 is 2.36 bits per heavy atom. The molecule has 0 spiro atoms. The molecule has 0 aromatic carbocycles. The Kier molecular flexibility index (Phi) is 2.28. The highest BCUT2D eigenvalue weighted by Gasteiger charge is 2.05. The van der Waals surface area contributed by atoms with Gasteiger partial charge in [-0.3, -0.25) is 9.78 Å². The lowest BCUT2D eigenvalue weighted by molar-refractivity contribution is 0.111. The molecular formula is C9H6ClN3O. The van der Waals surface area contributed by atoms with Crippen LogP contribution in [0.4, 0.5) is 0 Å². The number of halogens is 1. The molecule has 0 aliphatic carbocycles. The fraction of sp³-hybridized carbons (Fsp3) is 0. The Balaban J connectivity index is 2.55. The van der Waals surface area contributed by atoms with Crippen molar-refractivity contribution in [1.29, 1.82) is 0 Å². The smallest absolute Gasteiger partial charge is 0.170 e. The second-order valence-corrected chi connectivity index (χ2v) is 3.07. The number of hydrogen-bond acceptors (Lipinski definition) is 3. The maximum absolute atomic E-state index is 10.7. The van der Waals surface area contributed by atoms with E-state index in [2.05, 4.69) is 10.1 Å². The molecule has 0 fully saturated rings. The highest BCUT2D eigenvalue weighted by molar-refractivity contribution is 6.30. The molecule has 5 heteroatoms. The highest BCUT2D eigenvalue weighted by atomic mass is 35.5. The molecule has 0 aliphatic heterocycles. The van der Waals surface area contributed by atoms with E-state index in [9.17, 15) is 4.79 Å². The summed E-state index contributed by atoms with van der Waals surface area (Å²) in [6, 6.07) is 3.48. The maximum atomic E-state index is 10.7. The molecule has 2 aromatic rings. The number of rotatable bonds is 2. The van der Waals surface area contributed by atoms with E-state index >= 15 is 0 Å². The molecule has 0 saturated heterocycles. The van der Waals surface area contributed by atoms with Crippen molar-refractivity contribution < 1.29 is 4.79 Å². The summed E-state index contributed by atoms with van der Waals surface area (Å²) in [7, 11) is 0. The summed E-state index contributed by atoms with van der Waals surface area (Å²) in [5.41, 5.74) is 0.960. The van der Waals surface area contributed by atoms with Crippen LogP contribution in [0.15, 0.2) is 30.7 Å². The molecule has 0 bridgehead atoms.